The van der Waals surface area contributed by atoms with E-state index >= 15 is 0 Å². The van der Waals surface area contributed by atoms with Crippen LogP contribution in [-0.4, -0.2) is 30.7 Å². The number of benzene rings is 3. The molecule has 3 aromatic carbocycles. The van der Waals surface area contributed by atoms with Gasteiger partial charge in [-0.05, 0) is 59.7 Å². The van der Waals surface area contributed by atoms with Crippen molar-refractivity contribution in [2.75, 3.05) is 7.11 Å². The van der Waals surface area contributed by atoms with Crippen LogP contribution in [0, 0.1) is 0 Å². The fourth-order valence-electron chi connectivity index (χ4n) is 4.03. The number of rotatable bonds is 10. The summed E-state index contributed by atoms with van der Waals surface area (Å²) in [6.45, 7) is 0. The molecule has 4 rings (SSSR count). The van der Waals surface area contributed by atoms with Crippen LogP contribution in [0.2, 0.25) is 5.02 Å². The Morgan fingerprint density at radius 2 is 1.62 bits per heavy atom. The maximum absolute atomic E-state index is 13.8. The summed E-state index contributed by atoms with van der Waals surface area (Å²) in [7, 11) is 1.49. The zero-order chi connectivity index (χ0) is 28.8. The highest BCUT2D eigenvalue weighted by Gasteiger charge is 2.45. The maximum Gasteiger partial charge on any atom is 0.461 e. The lowest BCUT2D eigenvalue weighted by Gasteiger charge is -2.35. The molecule has 6 nitrogen and oxygen atoms in total. The maximum atomic E-state index is 13.8. The number of hydrogen-bond donors (Lipinski definition) is 1. The molecule has 0 saturated heterocycles. The van der Waals surface area contributed by atoms with E-state index in [1.54, 1.807) is 54.6 Å². The molecule has 0 aliphatic carbocycles. The second kappa shape index (κ2) is 12.3. The molecule has 0 unspecified atom stereocenters. The number of amides is 1. The fourth-order valence-corrected chi connectivity index (χ4v) is 4.14. The van der Waals surface area contributed by atoms with Crippen LogP contribution >= 0.6 is 11.6 Å². The second-order valence-corrected chi connectivity index (χ2v) is 9.05. The van der Waals surface area contributed by atoms with Gasteiger partial charge in [-0.3, -0.25) is 4.98 Å². The summed E-state index contributed by atoms with van der Waals surface area (Å²) in [5, 5.41) is 3.14. The van der Waals surface area contributed by atoms with Crippen molar-refractivity contribution < 1.29 is 36.6 Å². The first kappa shape index (κ1) is 28.7. The lowest BCUT2D eigenvalue weighted by Crippen LogP contribution is -2.50. The number of alkyl halides is 4. The quantitative estimate of drug-likeness (QED) is 0.202. The van der Waals surface area contributed by atoms with Crippen LogP contribution in [-0.2, 0) is 12.0 Å². The molecule has 40 heavy (non-hydrogen) atoms. The first-order valence-corrected chi connectivity index (χ1v) is 12.2. The molecule has 0 aliphatic heterocycles. The van der Waals surface area contributed by atoms with Crippen LogP contribution in [0.4, 0.5) is 22.4 Å². The number of nitrogens with zero attached hydrogens (tertiary/aromatic N) is 1. The van der Waals surface area contributed by atoms with Crippen LogP contribution in [0.3, 0.4) is 0 Å². The lowest BCUT2D eigenvalue weighted by atomic mass is 9.80. The zero-order valence-corrected chi connectivity index (χ0v) is 21.7. The molecule has 0 radical (unpaired) electrons. The first-order valence-electron chi connectivity index (χ1n) is 11.9. The molecule has 208 valence electrons. The molecule has 1 N–H and O–H groups in total. The molecule has 0 fully saturated rings. The molecule has 1 atom stereocenters. The smallest absolute Gasteiger partial charge is 0.461 e. The number of aromatic nitrogens is 1. The molecule has 0 spiro atoms. The van der Waals surface area contributed by atoms with E-state index in [4.69, 9.17) is 21.1 Å². The van der Waals surface area contributed by atoms with Gasteiger partial charge < -0.3 is 19.5 Å². The molecule has 1 amide bonds. The SMILES string of the molecule is COc1ccc(OC(=O)N[C@@](Cc2ccccc2)(c2cccc(OC(F)(F)C(F)F)c2)c2ccc(Cl)cn2)cc1. The Balaban J connectivity index is 1.82. The van der Waals surface area contributed by atoms with Gasteiger partial charge in [0.1, 0.15) is 22.8 Å². The molecular formula is C29H23ClF4N2O4. The van der Waals surface area contributed by atoms with Crippen LogP contribution < -0.4 is 19.5 Å². The molecule has 4 aromatic rings. The van der Waals surface area contributed by atoms with Gasteiger partial charge in [0, 0.05) is 12.6 Å². The zero-order valence-electron chi connectivity index (χ0n) is 21.0. The van der Waals surface area contributed by atoms with E-state index in [0.29, 0.717) is 10.8 Å². The van der Waals surface area contributed by atoms with Crippen LogP contribution in [0.1, 0.15) is 16.8 Å². The Morgan fingerprint density at radius 1 is 0.925 bits per heavy atom. The van der Waals surface area contributed by atoms with Gasteiger partial charge in [-0.1, -0.05) is 54.1 Å². The van der Waals surface area contributed by atoms with Gasteiger partial charge in [0.15, 0.2) is 0 Å². The highest BCUT2D eigenvalue weighted by atomic mass is 35.5. The Morgan fingerprint density at radius 3 is 2.25 bits per heavy atom. The van der Waals surface area contributed by atoms with Crippen LogP contribution in [0.15, 0.2) is 97.2 Å². The Bertz CT molecular complexity index is 1420. The van der Waals surface area contributed by atoms with Crippen molar-refractivity contribution in [1.82, 2.24) is 10.3 Å². The highest BCUT2D eigenvalue weighted by Crippen LogP contribution is 2.36. The Labute approximate surface area is 232 Å². The number of hydrogen-bond acceptors (Lipinski definition) is 5. The molecule has 0 bridgehead atoms. The fraction of sp³-hybridized carbons (Fsp3) is 0.172. The molecular weight excluding hydrogens is 552 g/mol. The molecule has 0 saturated carbocycles. The molecule has 0 aliphatic rings. The number of ether oxygens (including phenoxy) is 3. The highest BCUT2D eigenvalue weighted by molar-refractivity contribution is 6.30. The first-order chi connectivity index (χ1) is 19.1. The number of pyridine rings is 1. The van der Waals surface area contributed by atoms with E-state index in [1.807, 2.05) is 0 Å². The third kappa shape index (κ3) is 6.81. The molecule has 1 aromatic heterocycles. The largest absolute Gasteiger partial charge is 0.497 e. The van der Waals surface area contributed by atoms with Gasteiger partial charge >= 0.3 is 18.6 Å². The van der Waals surface area contributed by atoms with E-state index in [0.717, 1.165) is 17.7 Å². The van der Waals surface area contributed by atoms with Gasteiger partial charge in [0.25, 0.3) is 0 Å². The van der Waals surface area contributed by atoms with E-state index in [2.05, 4.69) is 15.0 Å². The monoisotopic (exact) mass is 574 g/mol. The minimum Gasteiger partial charge on any atom is -0.497 e. The van der Waals surface area contributed by atoms with Gasteiger partial charge in [0.05, 0.1) is 17.8 Å². The summed E-state index contributed by atoms with van der Waals surface area (Å²) >= 11 is 6.07. The van der Waals surface area contributed by atoms with Gasteiger partial charge in [-0.25, -0.2) is 4.79 Å². The standard InChI is InChI=1S/C29H23ClF4N2O4/c1-38-22-11-13-23(14-12-22)39-27(37)36-28(17-19-6-3-2-4-7-19,25-15-10-21(30)18-35-25)20-8-5-9-24(16-20)40-29(33,34)26(31)32/h2-16,18,26H,17H2,1H3,(H,36,37)/t28-/m0/s1. The van der Waals surface area contributed by atoms with Crippen molar-refractivity contribution in [2.24, 2.45) is 0 Å². The van der Waals surface area contributed by atoms with Gasteiger partial charge in [-0.15, -0.1) is 0 Å². The van der Waals surface area contributed by atoms with Crippen molar-refractivity contribution in [3.05, 3.63) is 119 Å². The van der Waals surface area contributed by atoms with E-state index in [1.165, 1.54) is 37.6 Å². The predicted molar refractivity (Wildman–Crippen MR) is 140 cm³/mol. The number of methoxy groups -OCH3 is 1. The Kier molecular flexibility index (Phi) is 8.79. The summed E-state index contributed by atoms with van der Waals surface area (Å²) in [6.07, 6.45) is -8.27. The normalized spacial score (nSPS) is 12.9. The summed E-state index contributed by atoms with van der Waals surface area (Å²) in [6, 6.07) is 23.5. The minimum atomic E-state index is -4.74. The number of carbonyl (C=O) groups excluding carboxylic acids is 1. The summed E-state index contributed by atoms with van der Waals surface area (Å²) in [5.41, 5.74) is -0.339. The summed E-state index contributed by atoms with van der Waals surface area (Å²) < 4.78 is 68.3. The van der Waals surface area contributed by atoms with Crippen molar-refractivity contribution >= 4 is 17.7 Å². The van der Waals surface area contributed by atoms with Crippen LogP contribution in [0.5, 0.6) is 17.2 Å². The van der Waals surface area contributed by atoms with Crippen LogP contribution in [0.25, 0.3) is 0 Å². The molecule has 1 heterocycles. The topological polar surface area (TPSA) is 69.7 Å². The van der Waals surface area contributed by atoms with Crippen molar-refractivity contribution in [3.8, 4) is 17.2 Å². The summed E-state index contributed by atoms with van der Waals surface area (Å²) in [5.74, 6) is 0.207. The van der Waals surface area contributed by atoms with Crippen molar-refractivity contribution in [2.45, 2.75) is 24.5 Å². The Hall–Kier alpha value is -4.31. The predicted octanol–water partition coefficient (Wildman–Crippen LogP) is 7.26. The van der Waals surface area contributed by atoms with E-state index in [-0.39, 0.29) is 23.4 Å². The average Bonchev–Trinajstić information content (AvgIpc) is 2.94. The number of nitrogens with one attached hydrogen (secondary N) is 1. The van der Waals surface area contributed by atoms with E-state index < -0.39 is 29.9 Å². The van der Waals surface area contributed by atoms with Crippen molar-refractivity contribution in [1.29, 1.82) is 0 Å². The number of halogens is 5. The van der Waals surface area contributed by atoms with Gasteiger partial charge in [-0.2, -0.15) is 17.6 Å². The van der Waals surface area contributed by atoms with Crippen molar-refractivity contribution in [3.63, 3.8) is 0 Å². The molecule has 11 heteroatoms. The van der Waals surface area contributed by atoms with Gasteiger partial charge in [0.2, 0.25) is 0 Å². The summed E-state index contributed by atoms with van der Waals surface area (Å²) in [4.78, 5) is 17.7. The lowest BCUT2D eigenvalue weighted by molar-refractivity contribution is -0.253. The van der Waals surface area contributed by atoms with E-state index in [9.17, 15) is 22.4 Å². The minimum absolute atomic E-state index is 0.0644. The average molecular weight is 575 g/mol. The number of carbonyl (C=O) groups is 1. The second-order valence-electron chi connectivity index (χ2n) is 8.61. The third-order valence-corrected chi connectivity index (χ3v) is 6.12. The third-order valence-electron chi connectivity index (χ3n) is 5.90.